The number of nitrogens with one attached hydrogen (secondary N) is 1. The molecule has 0 aromatic carbocycles. The number of hydrogen-bond donors (Lipinski definition) is 1. The van der Waals surface area contributed by atoms with Gasteiger partial charge >= 0.3 is 6.18 Å². The van der Waals surface area contributed by atoms with E-state index in [1.54, 1.807) is 7.05 Å². The van der Waals surface area contributed by atoms with E-state index in [1.807, 2.05) is 0 Å². The molecule has 0 aliphatic rings. The zero-order valence-electron chi connectivity index (χ0n) is 8.95. The molecule has 0 aliphatic heterocycles. The van der Waals surface area contributed by atoms with Crippen molar-refractivity contribution in [3.05, 3.63) is 0 Å². The molecule has 1 unspecified atom stereocenters. The SMILES string of the molecule is CCCCCCC(CC(F)(F)F)NC. The summed E-state index contributed by atoms with van der Waals surface area (Å²) in [5.74, 6) is 0. The molecule has 0 saturated heterocycles. The van der Waals surface area contributed by atoms with Crippen molar-refractivity contribution in [2.45, 2.75) is 57.7 Å². The molecule has 0 aromatic rings. The van der Waals surface area contributed by atoms with Crippen molar-refractivity contribution in [1.29, 1.82) is 0 Å². The zero-order valence-corrected chi connectivity index (χ0v) is 8.95. The van der Waals surface area contributed by atoms with Crippen LogP contribution in [0, 0.1) is 0 Å². The fraction of sp³-hybridized carbons (Fsp3) is 1.00. The van der Waals surface area contributed by atoms with Crippen LogP contribution in [0.3, 0.4) is 0 Å². The highest BCUT2D eigenvalue weighted by Gasteiger charge is 2.30. The van der Waals surface area contributed by atoms with E-state index in [0.29, 0.717) is 6.42 Å². The Morgan fingerprint density at radius 1 is 1.14 bits per heavy atom. The van der Waals surface area contributed by atoms with Gasteiger partial charge < -0.3 is 5.32 Å². The van der Waals surface area contributed by atoms with E-state index in [4.69, 9.17) is 0 Å². The zero-order chi connectivity index (χ0) is 11.0. The molecule has 0 fully saturated rings. The maximum absolute atomic E-state index is 12.0. The van der Waals surface area contributed by atoms with Gasteiger partial charge in [0.2, 0.25) is 0 Å². The molecule has 1 N–H and O–H groups in total. The van der Waals surface area contributed by atoms with Gasteiger partial charge in [-0.2, -0.15) is 13.2 Å². The molecule has 0 amide bonds. The minimum Gasteiger partial charge on any atom is -0.317 e. The van der Waals surface area contributed by atoms with Crippen molar-refractivity contribution < 1.29 is 13.2 Å². The number of unbranched alkanes of at least 4 members (excludes halogenated alkanes) is 3. The van der Waals surface area contributed by atoms with E-state index in [1.165, 1.54) is 0 Å². The summed E-state index contributed by atoms with van der Waals surface area (Å²) in [4.78, 5) is 0. The van der Waals surface area contributed by atoms with Gasteiger partial charge in [-0.05, 0) is 13.5 Å². The molecule has 0 bridgehead atoms. The molecule has 0 rings (SSSR count). The minimum absolute atomic E-state index is 0.410. The van der Waals surface area contributed by atoms with Crippen molar-refractivity contribution in [3.8, 4) is 0 Å². The first-order valence-electron chi connectivity index (χ1n) is 5.23. The standard InChI is InChI=1S/C10H20F3N/c1-3-4-5-6-7-9(14-2)8-10(11,12)13/h9,14H,3-8H2,1-2H3. The fourth-order valence-electron chi connectivity index (χ4n) is 1.45. The van der Waals surface area contributed by atoms with Gasteiger partial charge in [-0.25, -0.2) is 0 Å². The van der Waals surface area contributed by atoms with Crippen LogP contribution in [0.5, 0.6) is 0 Å². The molecule has 4 heteroatoms. The summed E-state index contributed by atoms with van der Waals surface area (Å²) in [6.07, 6.45) is 0.0119. The van der Waals surface area contributed by atoms with Crippen LogP contribution in [0.25, 0.3) is 0 Å². The Morgan fingerprint density at radius 3 is 2.21 bits per heavy atom. The van der Waals surface area contributed by atoms with Crippen molar-refractivity contribution in [2.24, 2.45) is 0 Å². The summed E-state index contributed by atoms with van der Waals surface area (Å²) in [6, 6.07) is -0.410. The van der Waals surface area contributed by atoms with Crippen LogP contribution in [0.2, 0.25) is 0 Å². The van der Waals surface area contributed by atoms with Gasteiger partial charge in [-0.3, -0.25) is 0 Å². The summed E-state index contributed by atoms with van der Waals surface area (Å²) in [5.41, 5.74) is 0. The summed E-state index contributed by atoms with van der Waals surface area (Å²) in [5, 5.41) is 2.72. The largest absolute Gasteiger partial charge is 0.390 e. The third kappa shape index (κ3) is 8.35. The van der Waals surface area contributed by atoms with Crippen LogP contribution in [-0.4, -0.2) is 19.3 Å². The van der Waals surface area contributed by atoms with Crippen LogP contribution in [0.4, 0.5) is 13.2 Å². The molecule has 0 radical (unpaired) electrons. The number of hydrogen-bond acceptors (Lipinski definition) is 1. The Hall–Kier alpha value is -0.250. The fourth-order valence-corrected chi connectivity index (χ4v) is 1.45. The smallest absolute Gasteiger partial charge is 0.317 e. The summed E-state index contributed by atoms with van der Waals surface area (Å²) in [7, 11) is 1.59. The Bertz CT molecular complexity index is 134. The van der Waals surface area contributed by atoms with Crippen molar-refractivity contribution in [3.63, 3.8) is 0 Å². The first-order chi connectivity index (χ1) is 6.49. The molecular formula is C10H20F3N. The molecule has 1 nitrogen and oxygen atoms in total. The van der Waals surface area contributed by atoms with Crippen LogP contribution < -0.4 is 5.32 Å². The van der Waals surface area contributed by atoms with Gasteiger partial charge in [0.05, 0.1) is 6.42 Å². The molecule has 0 heterocycles. The minimum atomic E-state index is -4.04. The summed E-state index contributed by atoms with van der Waals surface area (Å²) < 4.78 is 36.1. The van der Waals surface area contributed by atoms with Crippen molar-refractivity contribution in [1.82, 2.24) is 5.32 Å². The van der Waals surface area contributed by atoms with Crippen LogP contribution in [-0.2, 0) is 0 Å². The van der Waals surface area contributed by atoms with Gasteiger partial charge in [0.25, 0.3) is 0 Å². The summed E-state index contributed by atoms with van der Waals surface area (Å²) in [6.45, 7) is 2.09. The van der Waals surface area contributed by atoms with E-state index in [2.05, 4.69) is 12.2 Å². The highest BCUT2D eigenvalue weighted by molar-refractivity contribution is 4.68. The monoisotopic (exact) mass is 211 g/mol. The normalized spacial score (nSPS) is 14.4. The second-order valence-electron chi connectivity index (χ2n) is 3.65. The van der Waals surface area contributed by atoms with Crippen LogP contribution in [0.1, 0.15) is 45.4 Å². The average molecular weight is 211 g/mol. The van der Waals surface area contributed by atoms with Gasteiger partial charge in [0.15, 0.2) is 0 Å². The number of rotatable bonds is 7. The topological polar surface area (TPSA) is 12.0 Å². The first kappa shape index (κ1) is 13.8. The number of halogens is 3. The Morgan fingerprint density at radius 2 is 1.79 bits per heavy atom. The molecule has 14 heavy (non-hydrogen) atoms. The van der Waals surface area contributed by atoms with Gasteiger partial charge in [0.1, 0.15) is 0 Å². The Balaban J connectivity index is 3.58. The predicted octanol–water partition coefficient (Wildman–Crippen LogP) is 3.50. The predicted molar refractivity (Wildman–Crippen MR) is 52.3 cm³/mol. The first-order valence-corrected chi connectivity index (χ1v) is 5.23. The lowest BCUT2D eigenvalue weighted by molar-refractivity contribution is -0.140. The van der Waals surface area contributed by atoms with E-state index < -0.39 is 18.6 Å². The Kier molecular flexibility index (Phi) is 6.97. The van der Waals surface area contributed by atoms with Crippen LogP contribution >= 0.6 is 0 Å². The molecule has 1 atom stereocenters. The maximum atomic E-state index is 12.0. The number of alkyl halides is 3. The maximum Gasteiger partial charge on any atom is 0.390 e. The second-order valence-corrected chi connectivity index (χ2v) is 3.65. The lowest BCUT2D eigenvalue weighted by Crippen LogP contribution is -2.30. The molecular weight excluding hydrogens is 191 g/mol. The second kappa shape index (κ2) is 7.10. The van der Waals surface area contributed by atoms with Crippen molar-refractivity contribution in [2.75, 3.05) is 7.05 Å². The highest BCUT2D eigenvalue weighted by Crippen LogP contribution is 2.23. The molecule has 0 aliphatic carbocycles. The van der Waals surface area contributed by atoms with Gasteiger partial charge in [0, 0.05) is 6.04 Å². The lowest BCUT2D eigenvalue weighted by atomic mass is 10.0. The van der Waals surface area contributed by atoms with E-state index in [-0.39, 0.29) is 0 Å². The third-order valence-corrected chi connectivity index (χ3v) is 2.29. The average Bonchev–Trinajstić information content (AvgIpc) is 2.08. The van der Waals surface area contributed by atoms with Crippen LogP contribution in [0.15, 0.2) is 0 Å². The lowest BCUT2D eigenvalue weighted by Gasteiger charge is -2.17. The van der Waals surface area contributed by atoms with E-state index in [0.717, 1.165) is 25.7 Å². The van der Waals surface area contributed by atoms with E-state index in [9.17, 15) is 13.2 Å². The van der Waals surface area contributed by atoms with E-state index >= 15 is 0 Å². The van der Waals surface area contributed by atoms with Gasteiger partial charge in [-0.1, -0.05) is 32.6 Å². The van der Waals surface area contributed by atoms with Gasteiger partial charge in [-0.15, -0.1) is 0 Å². The quantitative estimate of drug-likeness (QED) is 0.635. The molecule has 0 spiro atoms. The van der Waals surface area contributed by atoms with Crippen molar-refractivity contribution >= 4 is 0 Å². The summed E-state index contributed by atoms with van der Waals surface area (Å²) >= 11 is 0. The highest BCUT2D eigenvalue weighted by atomic mass is 19.4. The molecule has 86 valence electrons. The Labute approximate surface area is 84.1 Å². The third-order valence-electron chi connectivity index (χ3n) is 2.29. The molecule has 0 aromatic heterocycles. The molecule has 0 saturated carbocycles.